The van der Waals surface area contributed by atoms with Gasteiger partial charge in [0.15, 0.2) is 0 Å². The Morgan fingerprint density at radius 1 is 1.09 bits per heavy atom. The molecule has 5 rings (SSSR count). The van der Waals surface area contributed by atoms with E-state index in [0.29, 0.717) is 42.2 Å². The highest BCUT2D eigenvalue weighted by molar-refractivity contribution is 5.87. The van der Waals surface area contributed by atoms with Crippen molar-refractivity contribution in [2.75, 3.05) is 20.2 Å². The number of carbonyl (C=O) groups is 1. The summed E-state index contributed by atoms with van der Waals surface area (Å²) in [5.74, 6) is 1.88. The SMILES string of the molecule is C=CC(=O)N1CCC(n2c(=O)n(-c3cccc(Oc4ccc(OC)cc4)c3)c3cnccc32)C1. The number of hydrogen-bond acceptors (Lipinski definition) is 5. The van der Waals surface area contributed by atoms with E-state index in [1.54, 1.807) is 33.5 Å². The summed E-state index contributed by atoms with van der Waals surface area (Å²) in [4.78, 5) is 31.7. The largest absolute Gasteiger partial charge is 0.497 e. The summed E-state index contributed by atoms with van der Waals surface area (Å²) in [6.07, 6.45) is 5.37. The molecule has 2 aromatic carbocycles. The van der Waals surface area contributed by atoms with E-state index < -0.39 is 0 Å². The number of methoxy groups -OCH3 is 1. The van der Waals surface area contributed by atoms with Gasteiger partial charge in [0, 0.05) is 25.4 Å². The van der Waals surface area contributed by atoms with Crippen LogP contribution in [0, 0.1) is 0 Å². The van der Waals surface area contributed by atoms with Crippen LogP contribution in [0.2, 0.25) is 0 Å². The molecule has 34 heavy (non-hydrogen) atoms. The summed E-state index contributed by atoms with van der Waals surface area (Å²) in [5, 5.41) is 0. The van der Waals surface area contributed by atoms with E-state index in [-0.39, 0.29) is 17.6 Å². The van der Waals surface area contributed by atoms with Crippen molar-refractivity contribution in [2.24, 2.45) is 0 Å². The van der Waals surface area contributed by atoms with Gasteiger partial charge in [-0.25, -0.2) is 4.79 Å². The van der Waals surface area contributed by atoms with Gasteiger partial charge in [0.1, 0.15) is 17.2 Å². The van der Waals surface area contributed by atoms with E-state index in [4.69, 9.17) is 9.47 Å². The summed E-state index contributed by atoms with van der Waals surface area (Å²) >= 11 is 0. The first-order valence-electron chi connectivity index (χ1n) is 11.0. The van der Waals surface area contributed by atoms with Gasteiger partial charge in [0.2, 0.25) is 5.91 Å². The summed E-state index contributed by atoms with van der Waals surface area (Å²) in [6, 6.07) is 16.4. The average Bonchev–Trinajstić information content (AvgIpc) is 3.46. The van der Waals surface area contributed by atoms with Gasteiger partial charge >= 0.3 is 5.69 Å². The molecule has 3 heterocycles. The maximum atomic E-state index is 13.7. The number of rotatable bonds is 6. The Labute approximate surface area is 196 Å². The standard InChI is InChI=1S/C26H24N4O4/c1-3-25(31)28-14-12-19(17-28)30-23-11-13-27-16-24(23)29(26(30)32)18-5-4-6-22(15-18)34-21-9-7-20(33-2)8-10-21/h3-11,13,15-16,19H,1,12,14,17H2,2H3. The van der Waals surface area contributed by atoms with Crippen LogP contribution in [0.25, 0.3) is 16.7 Å². The number of fused-ring (bicyclic) bond motifs is 1. The maximum Gasteiger partial charge on any atom is 0.334 e. The van der Waals surface area contributed by atoms with Crippen molar-refractivity contribution in [1.82, 2.24) is 19.0 Å². The molecule has 0 saturated carbocycles. The van der Waals surface area contributed by atoms with Crippen LogP contribution >= 0.6 is 0 Å². The molecule has 4 aromatic rings. The van der Waals surface area contributed by atoms with Crippen LogP contribution in [0.5, 0.6) is 17.2 Å². The molecule has 1 saturated heterocycles. The number of aromatic nitrogens is 3. The first-order chi connectivity index (χ1) is 16.6. The number of pyridine rings is 1. The third-order valence-corrected chi connectivity index (χ3v) is 6.06. The Hall–Kier alpha value is -4.33. The summed E-state index contributed by atoms with van der Waals surface area (Å²) in [6.45, 7) is 4.62. The van der Waals surface area contributed by atoms with Gasteiger partial charge in [-0.05, 0) is 55.0 Å². The molecular weight excluding hydrogens is 432 g/mol. The van der Waals surface area contributed by atoms with Crippen molar-refractivity contribution in [3.63, 3.8) is 0 Å². The molecular formula is C26H24N4O4. The van der Waals surface area contributed by atoms with E-state index in [9.17, 15) is 9.59 Å². The topological polar surface area (TPSA) is 78.6 Å². The Bertz CT molecular complexity index is 1420. The molecule has 2 aromatic heterocycles. The van der Waals surface area contributed by atoms with Gasteiger partial charge in [0.25, 0.3) is 0 Å². The summed E-state index contributed by atoms with van der Waals surface area (Å²) in [7, 11) is 1.61. The number of nitrogens with zero attached hydrogens (tertiary/aromatic N) is 4. The highest BCUT2D eigenvalue weighted by Gasteiger charge is 2.30. The van der Waals surface area contributed by atoms with Gasteiger partial charge in [-0.3, -0.25) is 18.9 Å². The van der Waals surface area contributed by atoms with Crippen molar-refractivity contribution >= 4 is 16.9 Å². The molecule has 1 amide bonds. The van der Waals surface area contributed by atoms with Crippen LogP contribution in [0.4, 0.5) is 0 Å². The predicted molar refractivity (Wildman–Crippen MR) is 129 cm³/mol. The normalized spacial score (nSPS) is 15.4. The van der Waals surface area contributed by atoms with Crippen LogP contribution in [-0.2, 0) is 4.79 Å². The molecule has 1 atom stereocenters. The smallest absolute Gasteiger partial charge is 0.334 e. The van der Waals surface area contributed by atoms with Crippen molar-refractivity contribution in [3.8, 4) is 22.9 Å². The molecule has 1 aliphatic heterocycles. The maximum absolute atomic E-state index is 13.7. The van der Waals surface area contributed by atoms with E-state index in [1.807, 2.05) is 54.6 Å². The zero-order valence-corrected chi connectivity index (χ0v) is 18.8. The van der Waals surface area contributed by atoms with E-state index in [1.165, 1.54) is 6.08 Å². The lowest BCUT2D eigenvalue weighted by Crippen LogP contribution is -2.31. The van der Waals surface area contributed by atoms with E-state index >= 15 is 0 Å². The Morgan fingerprint density at radius 3 is 2.65 bits per heavy atom. The average molecular weight is 457 g/mol. The monoisotopic (exact) mass is 456 g/mol. The fraction of sp³-hybridized carbons (Fsp3) is 0.192. The van der Waals surface area contributed by atoms with Crippen LogP contribution in [-0.4, -0.2) is 45.1 Å². The van der Waals surface area contributed by atoms with Crippen LogP contribution in [0.3, 0.4) is 0 Å². The second kappa shape index (κ2) is 8.90. The van der Waals surface area contributed by atoms with E-state index in [2.05, 4.69) is 11.6 Å². The molecule has 172 valence electrons. The number of benzene rings is 2. The second-order valence-electron chi connectivity index (χ2n) is 8.06. The molecule has 1 fully saturated rings. The minimum Gasteiger partial charge on any atom is -0.497 e. The van der Waals surface area contributed by atoms with Crippen molar-refractivity contribution < 1.29 is 14.3 Å². The van der Waals surface area contributed by atoms with Gasteiger partial charge in [-0.15, -0.1) is 0 Å². The number of imidazole rings is 1. The fourth-order valence-corrected chi connectivity index (χ4v) is 4.42. The number of hydrogen-bond donors (Lipinski definition) is 0. The third kappa shape index (κ3) is 3.83. The number of ether oxygens (including phenoxy) is 2. The Balaban J connectivity index is 1.53. The molecule has 0 N–H and O–H groups in total. The fourth-order valence-electron chi connectivity index (χ4n) is 4.42. The molecule has 1 aliphatic rings. The van der Waals surface area contributed by atoms with Crippen LogP contribution in [0.15, 0.2) is 84.4 Å². The first kappa shape index (κ1) is 21.5. The molecule has 1 unspecified atom stereocenters. The van der Waals surface area contributed by atoms with Gasteiger partial charge < -0.3 is 14.4 Å². The van der Waals surface area contributed by atoms with Gasteiger partial charge in [-0.2, -0.15) is 0 Å². The number of carbonyl (C=O) groups excluding carboxylic acids is 1. The van der Waals surface area contributed by atoms with E-state index in [0.717, 1.165) is 11.3 Å². The lowest BCUT2D eigenvalue weighted by atomic mass is 10.2. The second-order valence-corrected chi connectivity index (χ2v) is 8.06. The van der Waals surface area contributed by atoms with Gasteiger partial charge in [0.05, 0.1) is 36.1 Å². The minimum atomic E-state index is -0.178. The summed E-state index contributed by atoms with van der Waals surface area (Å²) < 4.78 is 14.6. The Morgan fingerprint density at radius 2 is 1.88 bits per heavy atom. The Kier molecular flexibility index (Phi) is 5.63. The van der Waals surface area contributed by atoms with Crippen LogP contribution < -0.4 is 15.2 Å². The van der Waals surface area contributed by atoms with Crippen LogP contribution in [0.1, 0.15) is 12.5 Å². The first-order valence-corrected chi connectivity index (χ1v) is 11.0. The molecule has 8 heteroatoms. The minimum absolute atomic E-state index is 0.121. The lowest BCUT2D eigenvalue weighted by molar-refractivity contribution is -0.125. The van der Waals surface area contributed by atoms with Crippen molar-refractivity contribution in [1.29, 1.82) is 0 Å². The van der Waals surface area contributed by atoms with Crippen molar-refractivity contribution in [3.05, 3.63) is 90.1 Å². The molecule has 8 nitrogen and oxygen atoms in total. The highest BCUT2D eigenvalue weighted by Crippen LogP contribution is 2.29. The third-order valence-electron chi connectivity index (χ3n) is 6.06. The quantitative estimate of drug-likeness (QED) is 0.411. The number of likely N-dealkylation sites (tertiary alicyclic amines) is 1. The zero-order chi connectivity index (χ0) is 23.7. The lowest BCUT2D eigenvalue weighted by Gasteiger charge is -2.15. The molecule has 0 bridgehead atoms. The molecule has 0 aliphatic carbocycles. The molecule has 0 radical (unpaired) electrons. The number of amides is 1. The zero-order valence-electron chi connectivity index (χ0n) is 18.8. The van der Waals surface area contributed by atoms with Crippen molar-refractivity contribution in [2.45, 2.75) is 12.5 Å². The predicted octanol–water partition coefficient (Wildman–Crippen LogP) is 3.95. The van der Waals surface area contributed by atoms with Gasteiger partial charge in [-0.1, -0.05) is 12.6 Å². The summed E-state index contributed by atoms with van der Waals surface area (Å²) in [5.41, 5.74) is 1.97. The molecule has 0 spiro atoms. The highest BCUT2D eigenvalue weighted by atomic mass is 16.5.